The van der Waals surface area contributed by atoms with Crippen molar-refractivity contribution in [3.63, 3.8) is 0 Å². The standard InChI is InChI=1S/C20H23ClN4O4/c1-2-18(26)22-14-5-3-9-25(12-14)20(28)23-13-7-8-16(15(21)11-13)24-19(27)17-6-4-10-29-17/h4,6-8,10-11,14H,2-3,5,9,12H2,1H3,(H,22,26)(H,23,28)(H,24,27). The first-order valence-corrected chi connectivity index (χ1v) is 9.83. The number of nitrogens with zero attached hydrogens (tertiary/aromatic N) is 1. The number of likely N-dealkylation sites (tertiary alicyclic amines) is 1. The number of benzene rings is 1. The van der Waals surface area contributed by atoms with Gasteiger partial charge in [-0.05, 0) is 43.2 Å². The first kappa shape index (κ1) is 20.7. The number of carbonyl (C=O) groups is 3. The third-order valence-corrected chi connectivity index (χ3v) is 4.92. The number of urea groups is 1. The number of piperidine rings is 1. The second-order valence-corrected chi connectivity index (χ2v) is 7.17. The van der Waals surface area contributed by atoms with Crippen LogP contribution in [-0.2, 0) is 4.79 Å². The Morgan fingerprint density at radius 2 is 2.07 bits per heavy atom. The molecular formula is C20H23ClN4O4. The number of furan rings is 1. The molecule has 2 aromatic rings. The van der Waals surface area contributed by atoms with Crippen LogP contribution < -0.4 is 16.0 Å². The number of nitrogens with one attached hydrogen (secondary N) is 3. The molecule has 3 rings (SSSR count). The molecule has 0 aliphatic carbocycles. The highest BCUT2D eigenvalue weighted by Crippen LogP contribution is 2.26. The Morgan fingerprint density at radius 1 is 1.24 bits per heavy atom. The van der Waals surface area contributed by atoms with Gasteiger partial charge in [0, 0.05) is 31.2 Å². The van der Waals surface area contributed by atoms with E-state index in [4.69, 9.17) is 16.0 Å². The Hall–Kier alpha value is -3.00. The molecule has 1 aromatic heterocycles. The van der Waals surface area contributed by atoms with Gasteiger partial charge in [0.15, 0.2) is 5.76 Å². The van der Waals surface area contributed by atoms with Gasteiger partial charge in [0.05, 0.1) is 17.0 Å². The Bertz CT molecular complexity index is 885. The van der Waals surface area contributed by atoms with E-state index in [1.165, 1.54) is 6.26 Å². The quantitative estimate of drug-likeness (QED) is 0.688. The van der Waals surface area contributed by atoms with Crippen molar-refractivity contribution >= 4 is 40.8 Å². The fourth-order valence-corrected chi connectivity index (χ4v) is 3.33. The Labute approximate surface area is 173 Å². The predicted octanol–water partition coefficient (Wildman–Crippen LogP) is 3.71. The van der Waals surface area contributed by atoms with E-state index in [9.17, 15) is 14.4 Å². The van der Waals surface area contributed by atoms with Crippen molar-refractivity contribution < 1.29 is 18.8 Å². The van der Waals surface area contributed by atoms with Crippen molar-refractivity contribution in [2.24, 2.45) is 0 Å². The van der Waals surface area contributed by atoms with Crippen molar-refractivity contribution in [2.75, 3.05) is 23.7 Å². The molecule has 1 saturated heterocycles. The van der Waals surface area contributed by atoms with Gasteiger partial charge in [0.25, 0.3) is 5.91 Å². The number of halogens is 1. The largest absolute Gasteiger partial charge is 0.459 e. The van der Waals surface area contributed by atoms with Crippen LogP contribution in [0.25, 0.3) is 0 Å². The molecule has 0 saturated carbocycles. The van der Waals surface area contributed by atoms with Crippen molar-refractivity contribution in [2.45, 2.75) is 32.2 Å². The molecule has 154 valence electrons. The van der Waals surface area contributed by atoms with Crippen LogP contribution in [0.4, 0.5) is 16.2 Å². The molecule has 1 unspecified atom stereocenters. The van der Waals surface area contributed by atoms with E-state index in [0.717, 1.165) is 12.8 Å². The summed E-state index contributed by atoms with van der Waals surface area (Å²) in [4.78, 5) is 37.9. The summed E-state index contributed by atoms with van der Waals surface area (Å²) >= 11 is 6.24. The summed E-state index contributed by atoms with van der Waals surface area (Å²) in [6.07, 6.45) is 3.50. The van der Waals surface area contributed by atoms with Gasteiger partial charge in [-0.3, -0.25) is 9.59 Å². The first-order valence-electron chi connectivity index (χ1n) is 9.46. The predicted molar refractivity (Wildman–Crippen MR) is 110 cm³/mol. The lowest BCUT2D eigenvalue weighted by Gasteiger charge is -2.33. The number of anilines is 2. The number of hydrogen-bond acceptors (Lipinski definition) is 4. The summed E-state index contributed by atoms with van der Waals surface area (Å²) in [6.45, 7) is 2.88. The molecule has 4 amide bonds. The zero-order chi connectivity index (χ0) is 20.8. The fourth-order valence-electron chi connectivity index (χ4n) is 3.10. The van der Waals surface area contributed by atoms with Crippen LogP contribution in [-0.4, -0.2) is 41.9 Å². The van der Waals surface area contributed by atoms with E-state index in [-0.39, 0.29) is 28.8 Å². The number of hydrogen-bond donors (Lipinski definition) is 3. The molecule has 9 heteroatoms. The van der Waals surface area contributed by atoms with Crippen molar-refractivity contribution in [1.82, 2.24) is 10.2 Å². The maximum absolute atomic E-state index is 12.6. The lowest BCUT2D eigenvalue weighted by atomic mass is 10.1. The Morgan fingerprint density at radius 3 is 2.76 bits per heavy atom. The minimum Gasteiger partial charge on any atom is -0.459 e. The first-order chi connectivity index (χ1) is 14.0. The van der Waals surface area contributed by atoms with Crippen LogP contribution in [0.15, 0.2) is 41.0 Å². The van der Waals surface area contributed by atoms with E-state index in [0.29, 0.717) is 30.9 Å². The average molecular weight is 419 g/mol. The van der Waals surface area contributed by atoms with Crippen LogP contribution in [0.5, 0.6) is 0 Å². The monoisotopic (exact) mass is 418 g/mol. The van der Waals surface area contributed by atoms with E-state index in [1.807, 2.05) is 0 Å². The SMILES string of the molecule is CCC(=O)NC1CCCN(C(=O)Nc2ccc(NC(=O)c3ccco3)c(Cl)c2)C1. The topological polar surface area (TPSA) is 104 Å². The van der Waals surface area contributed by atoms with Gasteiger partial charge in [-0.2, -0.15) is 0 Å². The van der Waals surface area contributed by atoms with Gasteiger partial charge in [-0.1, -0.05) is 18.5 Å². The average Bonchev–Trinajstić information content (AvgIpc) is 3.25. The lowest BCUT2D eigenvalue weighted by molar-refractivity contribution is -0.121. The van der Waals surface area contributed by atoms with Crippen LogP contribution in [0.3, 0.4) is 0 Å². The Balaban J connectivity index is 1.58. The highest BCUT2D eigenvalue weighted by molar-refractivity contribution is 6.34. The number of carbonyl (C=O) groups excluding carboxylic acids is 3. The summed E-state index contributed by atoms with van der Waals surface area (Å²) in [6, 6.07) is 7.70. The molecule has 1 fully saturated rings. The number of amides is 4. The molecule has 8 nitrogen and oxygen atoms in total. The molecule has 29 heavy (non-hydrogen) atoms. The third kappa shape index (κ3) is 5.51. The summed E-state index contributed by atoms with van der Waals surface area (Å²) in [7, 11) is 0. The molecule has 1 aliphatic rings. The number of rotatable bonds is 5. The normalized spacial score (nSPS) is 16.2. The van der Waals surface area contributed by atoms with Gasteiger partial charge in [0.2, 0.25) is 5.91 Å². The molecule has 1 aliphatic heterocycles. The maximum Gasteiger partial charge on any atom is 0.321 e. The van der Waals surface area contributed by atoms with Crippen molar-refractivity contribution in [3.8, 4) is 0 Å². The molecule has 1 atom stereocenters. The van der Waals surface area contributed by atoms with E-state index >= 15 is 0 Å². The van der Waals surface area contributed by atoms with Gasteiger partial charge in [-0.25, -0.2) is 4.79 Å². The van der Waals surface area contributed by atoms with Gasteiger partial charge < -0.3 is 25.3 Å². The molecular weight excluding hydrogens is 396 g/mol. The summed E-state index contributed by atoms with van der Waals surface area (Å²) < 4.78 is 5.05. The fraction of sp³-hybridized carbons (Fsp3) is 0.350. The highest BCUT2D eigenvalue weighted by Gasteiger charge is 2.24. The van der Waals surface area contributed by atoms with Gasteiger partial charge in [-0.15, -0.1) is 0 Å². The second kappa shape index (κ2) is 9.47. The highest BCUT2D eigenvalue weighted by atomic mass is 35.5. The molecule has 0 bridgehead atoms. The molecule has 0 spiro atoms. The summed E-state index contributed by atoms with van der Waals surface area (Å²) in [5.41, 5.74) is 0.919. The second-order valence-electron chi connectivity index (χ2n) is 6.76. The van der Waals surface area contributed by atoms with Crippen molar-refractivity contribution in [3.05, 3.63) is 47.4 Å². The maximum atomic E-state index is 12.6. The zero-order valence-corrected chi connectivity index (χ0v) is 16.8. The smallest absolute Gasteiger partial charge is 0.321 e. The van der Waals surface area contributed by atoms with Crippen LogP contribution in [0, 0.1) is 0 Å². The molecule has 0 radical (unpaired) electrons. The minimum absolute atomic E-state index is 0.0174. The van der Waals surface area contributed by atoms with E-state index in [1.54, 1.807) is 42.2 Å². The van der Waals surface area contributed by atoms with Gasteiger partial charge in [0.1, 0.15) is 0 Å². The summed E-state index contributed by atoms with van der Waals surface area (Å²) in [5.74, 6) is -0.258. The minimum atomic E-state index is -0.415. The van der Waals surface area contributed by atoms with E-state index in [2.05, 4.69) is 16.0 Å². The summed E-state index contributed by atoms with van der Waals surface area (Å²) in [5, 5.41) is 8.69. The van der Waals surface area contributed by atoms with E-state index < -0.39 is 5.91 Å². The van der Waals surface area contributed by atoms with Crippen molar-refractivity contribution in [1.29, 1.82) is 0 Å². The molecule has 2 heterocycles. The molecule has 3 N–H and O–H groups in total. The zero-order valence-electron chi connectivity index (χ0n) is 16.0. The Kier molecular flexibility index (Phi) is 6.77. The lowest BCUT2D eigenvalue weighted by Crippen LogP contribution is -2.50. The van der Waals surface area contributed by atoms with Crippen LogP contribution in [0.1, 0.15) is 36.7 Å². The van der Waals surface area contributed by atoms with Crippen LogP contribution in [0.2, 0.25) is 5.02 Å². The van der Waals surface area contributed by atoms with Gasteiger partial charge >= 0.3 is 6.03 Å². The molecule has 1 aromatic carbocycles. The third-order valence-electron chi connectivity index (χ3n) is 4.61. The van der Waals surface area contributed by atoms with Crippen LogP contribution >= 0.6 is 11.6 Å².